The van der Waals surface area contributed by atoms with E-state index >= 15 is 0 Å². The number of hydrogen-bond acceptors (Lipinski definition) is 2. The summed E-state index contributed by atoms with van der Waals surface area (Å²) < 4.78 is 0. The molecule has 0 aromatic heterocycles. The molecule has 1 atom stereocenters. The Morgan fingerprint density at radius 2 is 1.80 bits per heavy atom. The number of rotatable bonds is 3. The maximum Gasteiger partial charge on any atom is 0.0110 e. The average molecular weight is 208 g/mol. The molecule has 2 heteroatoms. The molecule has 0 amide bonds. The highest BCUT2D eigenvalue weighted by Crippen LogP contribution is 2.19. The van der Waals surface area contributed by atoms with E-state index in [1.165, 1.54) is 58.5 Å². The van der Waals surface area contributed by atoms with Crippen LogP contribution >= 0.6 is 0 Å². The first-order valence-electron chi connectivity index (χ1n) is 6.48. The van der Waals surface area contributed by atoms with Gasteiger partial charge in [-0.15, -0.1) is 0 Å². The molecule has 0 unspecified atom stereocenters. The van der Waals surface area contributed by atoms with Crippen molar-refractivity contribution in [1.29, 1.82) is 0 Å². The van der Waals surface area contributed by atoms with E-state index in [-0.39, 0.29) is 0 Å². The highest BCUT2D eigenvalue weighted by molar-refractivity contribution is 4.91. The molecule has 1 fully saturated rings. The Morgan fingerprint density at radius 3 is 2.40 bits per heavy atom. The molecule has 0 saturated carbocycles. The summed E-state index contributed by atoms with van der Waals surface area (Å²) in [6, 6.07) is 0. The van der Waals surface area contributed by atoms with Crippen molar-refractivity contribution in [3.8, 4) is 0 Å². The molecule has 15 heavy (non-hydrogen) atoms. The average Bonchev–Trinajstić information content (AvgIpc) is 2.31. The van der Waals surface area contributed by atoms with Crippen molar-refractivity contribution in [1.82, 2.24) is 9.80 Å². The van der Waals surface area contributed by atoms with Gasteiger partial charge in [-0.05, 0) is 31.7 Å². The lowest BCUT2D eigenvalue weighted by molar-refractivity contribution is 0.120. The standard InChI is InChI=1S/C13H24N2/c1-2-14-8-10-15(11-9-14)12-13-6-4-3-5-7-13/h3-4,13H,2,5-12H2,1H3/t13-/m0/s1. The van der Waals surface area contributed by atoms with Crippen LogP contribution in [0.2, 0.25) is 0 Å². The van der Waals surface area contributed by atoms with Crippen LogP contribution in [0.4, 0.5) is 0 Å². The van der Waals surface area contributed by atoms with E-state index in [0.717, 1.165) is 5.92 Å². The third kappa shape index (κ3) is 3.32. The van der Waals surface area contributed by atoms with Gasteiger partial charge >= 0.3 is 0 Å². The van der Waals surface area contributed by atoms with E-state index in [0.29, 0.717) is 0 Å². The quantitative estimate of drug-likeness (QED) is 0.654. The normalized spacial score (nSPS) is 29.5. The topological polar surface area (TPSA) is 6.48 Å². The zero-order valence-electron chi connectivity index (χ0n) is 9.99. The molecule has 86 valence electrons. The molecule has 2 nitrogen and oxygen atoms in total. The summed E-state index contributed by atoms with van der Waals surface area (Å²) in [4.78, 5) is 5.22. The summed E-state index contributed by atoms with van der Waals surface area (Å²) in [5, 5.41) is 0. The molecule has 0 radical (unpaired) electrons. The van der Waals surface area contributed by atoms with Crippen LogP contribution in [-0.2, 0) is 0 Å². The number of piperazine rings is 1. The van der Waals surface area contributed by atoms with E-state index in [2.05, 4.69) is 28.9 Å². The predicted octanol–water partition coefficient (Wildman–Crippen LogP) is 1.98. The highest BCUT2D eigenvalue weighted by Gasteiger charge is 2.19. The molecule has 2 aliphatic rings. The van der Waals surface area contributed by atoms with Gasteiger partial charge in [0.25, 0.3) is 0 Å². The van der Waals surface area contributed by atoms with Crippen LogP contribution in [0.15, 0.2) is 12.2 Å². The first-order valence-corrected chi connectivity index (χ1v) is 6.48. The van der Waals surface area contributed by atoms with Gasteiger partial charge in [0.15, 0.2) is 0 Å². The molecule has 1 aliphatic carbocycles. The van der Waals surface area contributed by atoms with Crippen molar-refractivity contribution < 1.29 is 0 Å². The molecule has 2 rings (SSSR count). The minimum absolute atomic E-state index is 0.933. The van der Waals surface area contributed by atoms with Crippen LogP contribution in [-0.4, -0.2) is 49.1 Å². The maximum absolute atomic E-state index is 2.66. The van der Waals surface area contributed by atoms with Crippen molar-refractivity contribution >= 4 is 0 Å². The molecule has 0 aromatic carbocycles. The molecule has 1 saturated heterocycles. The third-order valence-corrected chi connectivity index (χ3v) is 3.81. The maximum atomic E-state index is 2.66. The fraction of sp³-hybridized carbons (Fsp3) is 0.846. The Bertz CT molecular complexity index is 205. The third-order valence-electron chi connectivity index (χ3n) is 3.81. The molecule has 0 spiro atoms. The number of nitrogens with zero attached hydrogens (tertiary/aromatic N) is 2. The van der Waals surface area contributed by atoms with Crippen LogP contribution in [0.25, 0.3) is 0 Å². The fourth-order valence-electron chi connectivity index (χ4n) is 2.68. The van der Waals surface area contributed by atoms with Gasteiger partial charge in [0, 0.05) is 32.7 Å². The van der Waals surface area contributed by atoms with Gasteiger partial charge in [0.05, 0.1) is 0 Å². The molecule has 0 N–H and O–H groups in total. The van der Waals surface area contributed by atoms with Crippen LogP contribution in [0.3, 0.4) is 0 Å². The van der Waals surface area contributed by atoms with Gasteiger partial charge in [0.2, 0.25) is 0 Å². The molecule has 1 heterocycles. The van der Waals surface area contributed by atoms with Crippen LogP contribution in [0, 0.1) is 5.92 Å². The molecular weight excluding hydrogens is 184 g/mol. The first-order chi connectivity index (χ1) is 7.38. The van der Waals surface area contributed by atoms with Gasteiger partial charge in [-0.2, -0.15) is 0 Å². The van der Waals surface area contributed by atoms with Crippen molar-refractivity contribution in [3.63, 3.8) is 0 Å². The van der Waals surface area contributed by atoms with Crippen molar-refractivity contribution in [3.05, 3.63) is 12.2 Å². The molecular formula is C13H24N2. The minimum atomic E-state index is 0.933. The summed E-state index contributed by atoms with van der Waals surface area (Å²) in [6.07, 6.45) is 8.74. The van der Waals surface area contributed by atoms with Crippen LogP contribution in [0.5, 0.6) is 0 Å². The van der Waals surface area contributed by atoms with Crippen molar-refractivity contribution in [2.45, 2.75) is 26.2 Å². The van der Waals surface area contributed by atoms with E-state index in [9.17, 15) is 0 Å². The Morgan fingerprint density at radius 1 is 1.07 bits per heavy atom. The van der Waals surface area contributed by atoms with Crippen LogP contribution in [0.1, 0.15) is 26.2 Å². The lowest BCUT2D eigenvalue weighted by atomic mass is 9.94. The van der Waals surface area contributed by atoms with Crippen molar-refractivity contribution in [2.24, 2.45) is 5.92 Å². The number of allylic oxidation sites excluding steroid dienone is 2. The Kier molecular flexibility index (Phi) is 4.21. The van der Waals surface area contributed by atoms with Crippen molar-refractivity contribution in [2.75, 3.05) is 39.3 Å². The van der Waals surface area contributed by atoms with E-state index in [4.69, 9.17) is 0 Å². The summed E-state index contributed by atoms with van der Waals surface area (Å²) >= 11 is 0. The summed E-state index contributed by atoms with van der Waals surface area (Å²) in [5.74, 6) is 0.933. The monoisotopic (exact) mass is 208 g/mol. The fourth-order valence-corrected chi connectivity index (χ4v) is 2.68. The van der Waals surface area contributed by atoms with Gasteiger partial charge in [-0.3, -0.25) is 0 Å². The SMILES string of the molecule is CCN1CCN(C[C@H]2CC=CCC2)CC1. The highest BCUT2D eigenvalue weighted by atomic mass is 15.3. The van der Waals surface area contributed by atoms with E-state index < -0.39 is 0 Å². The Labute approximate surface area is 93.9 Å². The summed E-state index contributed by atoms with van der Waals surface area (Å²) in [5.41, 5.74) is 0. The van der Waals surface area contributed by atoms with Gasteiger partial charge in [-0.25, -0.2) is 0 Å². The second kappa shape index (κ2) is 5.66. The lowest BCUT2D eigenvalue weighted by Gasteiger charge is -2.36. The zero-order valence-corrected chi connectivity index (χ0v) is 9.99. The Hall–Kier alpha value is -0.340. The first kappa shape index (κ1) is 11.2. The lowest BCUT2D eigenvalue weighted by Crippen LogP contribution is -2.47. The summed E-state index contributed by atoms with van der Waals surface area (Å²) in [6.45, 7) is 9.95. The largest absolute Gasteiger partial charge is 0.301 e. The molecule has 0 bridgehead atoms. The number of hydrogen-bond donors (Lipinski definition) is 0. The smallest absolute Gasteiger partial charge is 0.0110 e. The second-order valence-electron chi connectivity index (χ2n) is 4.89. The molecule has 0 aromatic rings. The second-order valence-corrected chi connectivity index (χ2v) is 4.89. The van der Waals surface area contributed by atoms with Gasteiger partial charge in [-0.1, -0.05) is 19.1 Å². The Balaban J connectivity index is 1.69. The van der Waals surface area contributed by atoms with Gasteiger partial charge < -0.3 is 9.80 Å². The molecule has 1 aliphatic heterocycles. The number of likely N-dealkylation sites (N-methyl/N-ethyl adjacent to an activating group) is 1. The predicted molar refractivity (Wildman–Crippen MR) is 65.0 cm³/mol. The minimum Gasteiger partial charge on any atom is -0.301 e. The van der Waals surface area contributed by atoms with E-state index in [1.807, 2.05) is 0 Å². The summed E-state index contributed by atoms with van der Waals surface area (Å²) in [7, 11) is 0. The zero-order chi connectivity index (χ0) is 10.5. The van der Waals surface area contributed by atoms with Gasteiger partial charge in [0.1, 0.15) is 0 Å². The van der Waals surface area contributed by atoms with Crippen LogP contribution < -0.4 is 0 Å². The van der Waals surface area contributed by atoms with E-state index in [1.54, 1.807) is 0 Å².